The Morgan fingerprint density at radius 1 is 0.950 bits per heavy atom. The summed E-state index contributed by atoms with van der Waals surface area (Å²) in [4.78, 5) is 0. The minimum Gasteiger partial charge on any atom is -0.167 e. The standard InChI is InChI=1S/C18H19ClSi/c1-20(2,19)18-13-15(12-14-8-4-3-5-9-14)16-10-6-7-11-17(16)18/h3-11,13,18H,12H2,1-2H3. The smallest absolute Gasteiger partial charge is 0.161 e. The molecule has 0 saturated heterocycles. The van der Waals surface area contributed by atoms with E-state index in [4.69, 9.17) is 11.1 Å². The third kappa shape index (κ3) is 2.61. The molecule has 3 rings (SSSR count). The molecule has 0 amide bonds. The summed E-state index contributed by atoms with van der Waals surface area (Å²) >= 11 is 6.73. The van der Waals surface area contributed by atoms with Gasteiger partial charge in [-0.1, -0.05) is 73.8 Å². The van der Waals surface area contributed by atoms with Crippen molar-refractivity contribution in [1.29, 1.82) is 0 Å². The van der Waals surface area contributed by atoms with Crippen molar-refractivity contribution in [3.8, 4) is 0 Å². The molecule has 0 fully saturated rings. The lowest BCUT2D eigenvalue weighted by molar-refractivity contribution is 1.19. The Hall–Kier alpha value is -1.31. The molecule has 1 unspecified atom stereocenters. The number of fused-ring (bicyclic) bond motifs is 1. The molecule has 2 aromatic carbocycles. The molecule has 0 bridgehead atoms. The van der Waals surface area contributed by atoms with Gasteiger partial charge in [-0.15, -0.1) is 0 Å². The third-order valence-electron chi connectivity index (χ3n) is 3.99. The maximum absolute atomic E-state index is 6.73. The first-order valence-corrected chi connectivity index (χ1v) is 11.2. The van der Waals surface area contributed by atoms with E-state index >= 15 is 0 Å². The molecule has 2 heteroatoms. The molecular formula is C18H19ClSi. The Kier molecular flexibility index (Phi) is 3.57. The van der Waals surface area contributed by atoms with Gasteiger partial charge in [0.15, 0.2) is 7.38 Å². The van der Waals surface area contributed by atoms with Gasteiger partial charge in [0.2, 0.25) is 0 Å². The number of hydrogen-bond acceptors (Lipinski definition) is 0. The van der Waals surface area contributed by atoms with Crippen molar-refractivity contribution in [2.45, 2.75) is 25.1 Å². The number of allylic oxidation sites excluding steroid dienone is 2. The Balaban J connectivity index is 1.99. The molecule has 0 nitrogen and oxygen atoms in total. The lowest BCUT2D eigenvalue weighted by Crippen LogP contribution is -2.25. The fourth-order valence-corrected chi connectivity index (χ4v) is 5.11. The highest BCUT2D eigenvalue weighted by Gasteiger charge is 2.35. The van der Waals surface area contributed by atoms with Crippen LogP contribution in [-0.4, -0.2) is 7.38 Å². The molecule has 0 heterocycles. The molecule has 102 valence electrons. The lowest BCUT2D eigenvalue weighted by atomic mass is 9.99. The summed E-state index contributed by atoms with van der Waals surface area (Å²) in [6.07, 6.45) is 3.41. The predicted molar refractivity (Wildman–Crippen MR) is 90.6 cm³/mol. The van der Waals surface area contributed by atoms with Crippen LogP contribution in [0, 0.1) is 0 Å². The van der Waals surface area contributed by atoms with Crippen LogP contribution >= 0.6 is 11.1 Å². The zero-order valence-electron chi connectivity index (χ0n) is 11.9. The first-order valence-electron chi connectivity index (χ1n) is 7.08. The molecular weight excluding hydrogens is 280 g/mol. The monoisotopic (exact) mass is 298 g/mol. The minimum absolute atomic E-state index is 0.430. The predicted octanol–water partition coefficient (Wildman–Crippen LogP) is 5.39. The van der Waals surface area contributed by atoms with Gasteiger partial charge in [-0.3, -0.25) is 0 Å². The van der Waals surface area contributed by atoms with Crippen molar-refractivity contribution in [3.63, 3.8) is 0 Å². The quantitative estimate of drug-likeness (QED) is 0.526. The van der Waals surface area contributed by atoms with Gasteiger partial charge in [0, 0.05) is 5.54 Å². The van der Waals surface area contributed by atoms with E-state index in [1.54, 1.807) is 0 Å². The summed E-state index contributed by atoms with van der Waals surface area (Å²) in [5, 5.41) is 0. The number of hydrogen-bond donors (Lipinski definition) is 0. The Morgan fingerprint density at radius 3 is 2.30 bits per heavy atom. The number of rotatable bonds is 3. The lowest BCUT2D eigenvalue weighted by Gasteiger charge is -2.21. The molecule has 0 aliphatic heterocycles. The van der Waals surface area contributed by atoms with E-state index in [1.807, 2.05) is 0 Å². The van der Waals surface area contributed by atoms with Crippen LogP contribution in [0.5, 0.6) is 0 Å². The highest BCUT2D eigenvalue weighted by Crippen LogP contribution is 2.43. The van der Waals surface area contributed by atoms with Crippen molar-refractivity contribution < 1.29 is 0 Å². The van der Waals surface area contributed by atoms with Crippen molar-refractivity contribution in [2.75, 3.05) is 0 Å². The topological polar surface area (TPSA) is 0 Å². The van der Waals surface area contributed by atoms with Crippen molar-refractivity contribution >= 4 is 24.0 Å². The molecule has 0 saturated carbocycles. The van der Waals surface area contributed by atoms with Crippen LogP contribution < -0.4 is 0 Å². The fraction of sp³-hybridized carbons (Fsp3) is 0.222. The van der Waals surface area contributed by atoms with Gasteiger partial charge in [-0.25, -0.2) is 0 Å². The zero-order chi connectivity index (χ0) is 14.2. The number of halogens is 1. The Labute approximate surface area is 126 Å². The van der Waals surface area contributed by atoms with Gasteiger partial charge in [0.05, 0.1) is 0 Å². The molecule has 1 atom stereocenters. The van der Waals surface area contributed by atoms with Crippen molar-refractivity contribution in [1.82, 2.24) is 0 Å². The van der Waals surface area contributed by atoms with E-state index in [9.17, 15) is 0 Å². The molecule has 0 N–H and O–H groups in total. The summed E-state index contributed by atoms with van der Waals surface area (Å²) in [5.74, 6) is 0. The van der Waals surface area contributed by atoms with Gasteiger partial charge in [-0.2, -0.15) is 11.1 Å². The van der Waals surface area contributed by atoms with Crippen LogP contribution in [0.25, 0.3) is 5.57 Å². The van der Waals surface area contributed by atoms with Gasteiger partial charge in [0.1, 0.15) is 0 Å². The fourth-order valence-electron chi connectivity index (χ4n) is 2.98. The largest absolute Gasteiger partial charge is 0.167 e. The highest BCUT2D eigenvalue weighted by atomic mass is 35.6. The van der Waals surface area contributed by atoms with E-state index in [1.165, 1.54) is 22.3 Å². The highest BCUT2D eigenvalue weighted by molar-refractivity contribution is 7.20. The molecule has 0 radical (unpaired) electrons. The van der Waals surface area contributed by atoms with E-state index in [2.05, 4.69) is 73.8 Å². The van der Waals surface area contributed by atoms with Gasteiger partial charge >= 0.3 is 0 Å². The zero-order valence-corrected chi connectivity index (χ0v) is 13.7. The van der Waals surface area contributed by atoms with Crippen LogP contribution in [-0.2, 0) is 6.42 Å². The molecule has 1 aliphatic rings. The van der Waals surface area contributed by atoms with Crippen molar-refractivity contribution in [3.05, 3.63) is 77.4 Å². The van der Waals surface area contributed by atoms with Crippen LogP contribution in [0.1, 0.15) is 22.2 Å². The molecule has 0 spiro atoms. The van der Waals surface area contributed by atoms with E-state index < -0.39 is 7.38 Å². The normalized spacial score (nSPS) is 17.8. The van der Waals surface area contributed by atoms with E-state index in [-0.39, 0.29) is 0 Å². The maximum Gasteiger partial charge on any atom is 0.161 e. The van der Waals surface area contributed by atoms with Gasteiger partial charge < -0.3 is 0 Å². The summed E-state index contributed by atoms with van der Waals surface area (Å²) in [6.45, 7) is 4.47. The summed E-state index contributed by atoms with van der Waals surface area (Å²) in [5.41, 5.74) is 6.04. The summed E-state index contributed by atoms with van der Waals surface area (Å²) in [7, 11) is -1.74. The van der Waals surface area contributed by atoms with Gasteiger partial charge in [-0.05, 0) is 28.7 Å². The first-order chi connectivity index (χ1) is 9.55. The second-order valence-corrected chi connectivity index (χ2v) is 12.7. The second kappa shape index (κ2) is 5.23. The molecule has 20 heavy (non-hydrogen) atoms. The van der Waals surface area contributed by atoms with Crippen LogP contribution in [0.4, 0.5) is 0 Å². The molecule has 0 aromatic heterocycles. The Morgan fingerprint density at radius 2 is 1.60 bits per heavy atom. The van der Waals surface area contributed by atoms with Crippen LogP contribution in [0.2, 0.25) is 13.1 Å². The maximum atomic E-state index is 6.73. The molecule has 2 aromatic rings. The van der Waals surface area contributed by atoms with E-state index in [0.717, 1.165) is 6.42 Å². The third-order valence-corrected chi connectivity index (χ3v) is 6.65. The average Bonchev–Trinajstić information content (AvgIpc) is 2.79. The first kappa shape index (κ1) is 13.7. The Bertz CT molecular complexity index is 638. The second-order valence-electron chi connectivity index (χ2n) is 5.98. The van der Waals surface area contributed by atoms with Gasteiger partial charge in [0.25, 0.3) is 0 Å². The number of benzene rings is 2. The average molecular weight is 299 g/mol. The summed E-state index contributed by atoms with van der Waals surface area (Å²) < 4.78 is 0. The molecule has 1 aliphatic carbocycles. The van der Waals surface area contributed by atoms with E-state index in [0.29, 0.717) is 5.54 Å². The van der Waals surface area contributed by atoms with Crippen LogP contribution in [0.15, 0.2) is 60.7 Å². The minimum atomic E-state index is -1.74. The van der Waals surface area contributed by atoms with Crippen LogP contribution in [0.3, 0.4) is 0 Å². The van der Waals surface area contributed by atoms with Crippen molar-refractivity contribution in [2.24, 2.45) is 0 Å². The SMILES string of the molecule is C[Si](C)(Cl)C1C=C(Cc2ccccc2)c2ccccc21. The summed E-state index contributed by atoms with van der Waals surface area (Å²) in [6, 6.07) is 19.4.